The number of hydrogen-bond donors (Lipinski definition) is 1. The van der Waals surface area contributed by atoms with Crippen LogP contribution in [0.3, 0.4) is 0 Å². The lowest BCUT2D eigenvalue weighted by atomic mass is 9.99. The minimum Gasteiger partial charge on any atom is -0.397 e. The number of nitrogens with two attached hydrogens (primary N) is 1. The number of hydrogen-bond acceptors (Lipinski definition) is 2. The van der Waals surface area contributed by atoms with Crippen molar-refractivity contribution in [3.63, 3.8) is 0 Å². The summed E-state index contributed by atoms with van der Waals surface area (Å²) in [5.41, 5.74) is 11.3. The lowest BCUT2D eigenvalue weighted by Gasteiger charge is -2.08. The smallest absolute Gasteiger partial charge is 0.142 e. The first-order valence-electron chi connectivity index (χ1n) is 5.94. The molecule has 3 nitrogen and oxygen atoms in total. The predicted molar refractivity (Wildman–Crippen MR) is 75.3 cm³/mol. The van der Waals surface area contributed by atoms with Crippen LogP contribution in [0.5, 0.6) is 0 Å². The molecule has 90 valence electrons. The van der Waals surface area contributed by atoms with Crippen LogP contribution in [0.1, 0.15) is 5.56 Å². The third kappa shape index (κ3) is 1.48. The van der Waals surface area contributed by atoms with Crippen LogP contribution in [0.2, 0.25) is 0 Å². The van der Waals surface area contributed by atoms with Gasteiger partial charge in [0, 0.05) is 24.8 Å². The maximum Gasteiger partial charge on any atom is 0.142 e. The summed E-state index contributed by atoms with van der Waals surface area (Å²) in [4.78, 5) is 4.47. The summed E-state index contributed by atoms with van der Waals surface area (Å²) in [6.07, 6.45) is 3.83. The molecule has 2 N–H and O–H groups in total. The van der Waals surface area contributed by atoms with Gasteiger partial charge in [-0.2, -0.15) is 0 Å². The molecule has 0 aliphatic rings. The fourth-order valence-corrected chi connectivity index (χ4v) is 2.45. The SMILES string of the molecule is Cc1cnc2c(c(N)cn2C)c1-c1ccccc1. The van der Waals surface area contributed by atoms with E-state index in [0.29, 0.717) is 0 Å². The number of benzene rings is 1. The quantitative estimate of drug-likeness (QED) is 0.706. The Morgan fingerprint density at radius 2 is 1.89 bits per heavy atom. The highest BCUT2D eigenvalue weighted by Gasteiger charge is 2.13. The lowest BCUT2D eigenvalue weighted by Crippen LogP contribution is -1.92. The van der Waals surface area contributed by atoms with E-state index < -0.39 is 0 Å². The van der Waals surface area contributed by atoms with E-state index in [1.807, 2.05) is 42.2 Å². The number of fused-ring (bicyclic) bond motifs is 1. The fourth-order valence-electron chi connectivity index (χ4n) is 2.45. The fraction of sp³-hybridized carbons (Fsp3) is 0.133. The molecular weight excluding hydrogens is 222 g/mol. The average Bonchev–Trinajstić information content (AvgIpc) is 2.66. The van der Waals surface area contributed by atoms with Gasteiger partial charge >= 0.3 is 0 Å². The largest absolute Gasteiger partial charge is 0.397 e. The first-order chi connectivity index (χ1) is 8.68. The van der Waals surface area contributed by atoms with Gasteiger partial charge in [-0.1, -0.05) is 30.3 Å². The minimum atomic E-state index is 0.780. The van der Waals surface area contributed by atoms with Crippen molar-refractivity contribution in [2.75, 3.05) is 5.73 Å². The van der Waals surface area contributed by atoms with Crippen LogP contribution in [0.25, 0.3) is 22.2 Å². The van der Waals surface area contributed by atoms with Crippen molar-refractivity contribution in [2.45, 2.75) is 6.92 Å². The number of pyridine rings is 1. The zero-order valence-electron chi connectivity index (χ0n) is 10.5. The predicted octanol–water partition coefficient (Wildman–Crippen LogP) is 3.13. The normalized spacial score (nSPS) is 11.0. The Labute approximate surface area is 106 Å². The van der Waals surface area contributed by atoms with E-state index in [2.05, 4.69) is 24.0 Å². The summed E-state index contributed by atoms with van der Waals surface area (Å²) >= 11 is 0. The molecule has 1 aromatic carbocycles. The van der Waals surface area contributed by atoms with Gasteiger partial charge in [0.1, 0.15) is 5.65 Å². The van der Waals surface area contributed by atoms with Crippen molar-refractivity contribution in [1.82, 2.24) is 9.55 Å². The van der Waals surface area contributed by atoms with Crippen LogP contribution in [-0.2, 0) is 7.05 Å². The van der Waals surface area contributed by atoms with Crippen LogP contribution in [0.15, 0.2) is 42.7 Å². The summed E-state index contributed by atoms with van der Waals surface area (Å²) in [7, 11) is 1.97. The molecule has 0 radical (unpaired) electrons. The molecule has 3 rings (SSSR count). The lowest BCUT2D eigenvalue weighted by molar-refractivity contribution is 0.949. The first-order valence-corrected chi connectivity index (χ1v) is 5.94. The molecule has 2 heterocycles. The van der Waals surface area contributed by atoms with E-state index in [9.17, 15) is 0 Å². The van der Waals surface area contributed by atoms with Crippen LogP contribution >= 0.6 is 0 Å². The first kappa shape index (κ1) is 10.8. The molecule has 18 heavy (non-hydrogen) atoms. The van der Waals surface area contributed by atoms with Gasteiger partial charge in [0.15, 0.2) is 0 Å². The van der Waals surface area contributed by atoms with Crippen LogP contribution in [0, 0.1) is 6.92 Å². The Balaban J connectivity index is 2.44. The molecule has 3 aromatic rings. The van der Waals surface area contributed by atoms with Crippen molar-refractivity contribution < 1.29 is 0 Å². The molecule has 0 aliphatic heterocycles. The molecule has 3 heteroatoms. The number of nitrogen functional groups attached to an aromatic ring is 1. The molecule has 0 bridgehead atoms. The highest BCUT2D eigenvalue weighted by atomic mass is 15.0. The second-order valence-corrected chi connectivity index (χ2v) is 4.58. The molecule has 0 unspecified atom stereocenters. The van der Waals surface area contributed by atoms with Crippen molar-refractivity contribution >= 4 is 16.7 Å². The Kier molecular flexibility index (Phi) is 2.33. The van der Waals surface area contributed by atoms with Gasteiger partial charge in [0.25, 0.3) is 0 Å². The summed E-state index contributed by atoms with van der Waals surface area (Å²) < 4.78 is 1.97. The van der Waals surface area contributed by atoms with Crippen LogP contribution in [0.4, 0.5) is 5.69 Å². The highest BCUT2D eigenvalue weighted by molar-refractivity contribution is 6.02. The Bertz CT molecular complexity index is 711. The number of anilines is 1. The van der Waals surface area contributed by atoms with Crippen LogP contribution in [-0.4, -0.2) is 9.55 Å². The van der Waals surface area contributed by atoms with Crippen molar-refractivity contribution in [1.29, 1.82) is 0 Å². The third-order valence-electron chi connectivity index (χ3n) is 3.27. The zero-order valence-corrected chi connectivity index (χ0v) is 10.5. The van der Waals surface area contributed by atoms with E-state index in [-0.39, 0.29) is 0 Å². The minimum absolute atomic E-state index is 0.780. The molecule has 0 saturated carbocycles. The van der Waals surface area contributed by atoms with Gasteiger partial charge in [-0.25, -0.2) is 4.98 Å². The number of aryl methyl sites for hydroxylation is 2. The number of nitrogens with zero attached hydrogens (tertiary/aromatic N) is 2. The summed E-state index contributed by atoms with van der Waals surface area (Å²) in [5, 5.41) is 1.05. The van der Waals surface area contributed by atoms with E-state index in [1.54, 1.807) is 0 Å². The van der Waals surface area contributed by atoms with Crippen molar-refractivity contribution in [3.8, 4) is 11.1 Å². The van der Waals surface area contributed by atoms with E-state index in [1.165, 1.54) is 11.1 Å². The summed E-state index contributed by atoms with van der Waals surface area (Å²) in [6.45, 7) is 2.07. The van der Waals surface area contributed by atoms with E-state index in [0.717, 1.165) is 22.3 Å². The van der Waals surface area contributed by atoms with Crippen molar-refractivity contribution in [2.24, 2.45) is 7.05 Å². The maximum atomic E-state index is 6.12. The second kappa shape index (κ2) is 3.88. The summed E-state index contributed by atoms with van der Waals surface area (Å²) in [5.74, 6) is 0. The third-order valence-corrected chi connectivity index (χ3v) is 3.27. The van der Waals surface area contributed by atoms with E-state index >= 15 is 0 Å². The van der Waals surface area contributed by atoms with Gasteiger partial charge in [-0.3, -0.25) is 0 Å². The van der Waals surface area contributed by atoms with Gasteiger partial charge in [0.2, 0.25) is 0 Å². The van der Waals surface area contributed by atoms with E-state index in [4.69, 9.17) is 5.73 Å². The van der Waals surface area contributed by atoms with Crippen molar-refractivity contribution in [3.05, 3.63) is 48.3 Å². The molecular formula is C15H15N3. The Morgan fingerprint density at radius 1 is 1.17 bits per heavy atom. The number of aromatic nitrogens is 2. The molecule has 0 saturated heterocycles. The zero-order chi connectivity index (χ0) is 12.7. The monoisotopic (exact) mass is 237 g/mol. The molecule has 0 atom stereocenters. The van der Waals surface area contributed by atoms with Gasteiger partial charge < -0.3 is 10.3 Å². The molecule has 0 fully saturated rings. The molecule has 0 aliphatic carbocycles. The van der Waals surface area contributed by atoms with Gasteiger partial charge in [0.05, 0.1) is 5.69 Å². The van der Waals surface area contributed by atoms with Gasteiger partial charge in [-0.05, 0) is 23.6 Å². The topological polar surface area (TPSA) is 43.8 Å². The maximum absolute atomic E-state index is 6.12. The number of rotatable bonds is 1. The second-order valence-electron chi connectivity index (χ2n) is 4.58. The summed E-state index contributed by atoms with van der Waals surface area (Å²) in [6, 6.07) is 10.3. The Morgan fingerprint density at radius 3 is 2.61 bits per heavy atom. The standard InChI is InChI=1S/C15H15N3/c1-10-8-17-15-14(12(16)9-18(15)2)13(10)11-6-4-3-5-7-11/h3-9H,16H2,1-2H3. The van der Waals surface area contributed by atoms with Gasteiger partial charge in [-0.15, -0.1) is 0 Å². The Hall–Kier alpha value is -2.29. The molecule has 2 aromatic heterocycles. The van der Waals surface area contributed by atoms with Crippen LogP contribution < -0.4 is 5.73 Å². The highest BCUT2D eigenvalue weighted by Crippen LogP contribution is 2.34. The average molecular weight is 237 g/mol. The molecule has 0 spiro atoms. The molecule has 0 amide bonds.